The Bertz CT molecular complexity index is 495. The molecular formula is C15H25N5O2. The van der Waals surface area contributed by atoms with Gasteiger partial charge in [-0.05, 0) is 26.3 Å². The molecule has 1 saturated heterocycles. The summed E-state index contributed by atoms with van der Waals surface area (Å²) in [6, 6.07) is 0.113. The summed E-state index contributed by atoms with van der Waals surface area (Å²) in [5, 5.41) is 3.04. The van der Waals surface area contributed by atoms with Gasteiger partial charge in [0.25, 0.3) is 0 Å². The summed E-state index contributed by atoms with van der Waals surface area (Å²) in [4.78, 5) is 24.0. The third kappa shape index (κ3) is 2.96. The van der Waals surface area contributed by atoms with Crippen molar-refractivity contribution >= 4 is 6.03 Å². The lowest BCUT2D eigenvalue weighted by atomic mass is 9.80. The van der Waals surface area contributed by atoms with Crippen molar-refractivity contribution in [3.8, 4) is 0 Å². The Balaban J connectivity index is 1.56. The fourth-order valence-electron chi connectivity index (χ4n) is 3.19. The average molecular weight is 307 g/mol. The van der Waals surface area contributed by atoms with Crippen molar-refractivity contribution in [1.29, 1.82) is 0 Å². The highest BCUT2D eigenvalue weighted by Gasteiger charge is 2.38. The molecule has 0 bridgehead atoms. The predicted molar refractivity (Wildman–Crippen MR) is 82.5 cm³/mol. The zero-order valence-corrected chi connectivity index (χ0v) is 13.3. The molecule has 2 amide bonds. The van der Waals surface area contributed by atoms with Gasteiger partial charge in [0, 0.05) is 45.7 Å². The number of imidazole rings is 1. The number of rotatable bonds is 4. The fraction of sp³-hybridized carbons (Fsp3) is 0.733. The van der Waals surface area contributed by atoms with Crippen LogP contribution < -0.4 is 5.32 Å². The summed E-state index contributed by atoms with van der Waals surface area (Å²) in [6.07, 6.45) is 6.81. The van der Waals surface area contributed by atoms with E-state index in [0.29, 0.717) is 13.1 Å². The number of nitrogens with zero attached hydrogens (tertiary/aromatic N) is 3. The van der Waals surface area contributed by atoms with Crippen LogP contribution in [0, 0.1) is 0 Å². The molecule has 2 aliphatic rings. The largest absolute Gasteiger partial charge is 0.376 e. The zero-order valence-electron chi connectivity index (χ0n) is 13.3. The number of methoxy groups -OCH3 is 1. The molecule has 1 aliphatic carbocycles. The number of carbonyl (C=O) groups excluding carboxylic acids is 1. The smallest absolute Gasteiger partial charge is 0.317 e. The standard InChI is InChI=1S/C15H25N5O2/c1-19-8-9-20(10-12(19)13-16-6-7-17-13)14(21)18-11-15(22-2)4-3-5-15/h6-7,12H,3-5,8-11H2,1-2H3,(H,16,17)(H,18,21). The minimum Gasteiger partial charge on any atom is -0.376 e. The van der Waals surface area contributed by atoms with Gasteiger partial charge in [0.05, 0.1) is 11.6 Å². The second kappa shape index (κ2) is 6.26. The van der Waals surface area contributed by atoms with E-state index in [9.17, 15) is 4.79 Å². The predicted octanol–water partition coefficient (Wildman–Crippen LogP) is 0.977. The molecule has 0 spiro atoms. The van der Waals surface area contributed by atoms with E-state index in [0.717, 1.165) is 31.8 Å². The minimum absolute atomic E-state index is 0.00650. The molecule has 0 aromatic carbocycles. The normalized spacial score (nSPS) is 24.8. The average Bonchev–Trinajstić information content (AvgIpc) is 3.01. The topological polar surface area (TPSA) is 73.5 Å². The highest BCUT2D eigenvalue weighted by atomic mass is 16.5. The van der Waals surface area contributed by atoms with Gasteiger partial charge in [0.1, 0.15) is 5.82 Å². The van der Waals surface area contributed by atoms with Gasteiger partial charge < -0.3 is 19.9 Å². The Morgan fingerprint density at radius 1 is 1.55 bits per heavy atom. The Morgan fingerprint density at radius 2 is 2.36 bits per heavy atom. The summed E-state index contributed by atoms with van der Waals surface area (Å²) in [5.74, 6) is 0.910. The number of piperazine rings is 1. The molecule has 1 unspecified atom stereocenters. The highest BCUT2D eigenvalue weighted by Crippen LogP contribution is 2.34. The summed E-state index contributed by atoms with van der Waals surface area (Å²) in [7, 11) is 3.80. The second-order valence-electron chi connectivity index (χ2n) is 6.32. The van der Waals surface area contributed by atoms with Crippen molar-refractivity contribution in [2.75, 3.05) is 40.3 Å². The number of aromatic nitrogens is 2. The molecule has 122 valence electrons. The molecule has 7 heteroatoms. The summed E-state index contributed by atoms with van der Waals surface area (Å²) >= 11 is 0. The first kappa shape index (κ1) is 15.3. The Morgan fingerprint density at radius 3 is 2.95 bits per heavy atom. The maximum atomic E-state index is 12.4. The van der Waals surface area contributed by atoms with E-state index in [1.165, 1.54) is 6.42 Å². The van der Waals surface area contributed by atoms with Crippen LogP contribution in [-0.4, -0.2) is 71.7 Å². The van der Waals surface area contributed by atoms with E-state index >= 15 is 0 Å². The summed E-state index contributed by atoms with van der Waals surface area (Å²) in [6.45, 7) is 2.82. The van der Waals surface area contributed by atoms with Crippen LogP contribution in [0.4, 0.5) is 4.79 Å². The van der Waals surface area contributed by atoms with E-state index in [1.807, 2.05) is 11.1 Å². The Hall–Kier alpha value is -1.60. The third-order valence-corrected chi connectivity index (χ3v) is 5.03. The first-order chi connectivity index (χ1) is 10.6. The van der Waals surface area contributed by atoms with Crippen molar-refractivity contribution in [1.82, 2.24) is 25.1 Å². The van der Waals surface area contributed by atoms with E-state index in [1.54, 1.807) is 13.3 Å². The van der Waals surface area contributed by atoms with Gasteiger partial charge in [-0.3, -0.25) is 4.90 Å². The molecular weight excluding hydrogens is 282 g/mol. The van der Waals surface area contributed by atoms with Crippen LogP contribution in [0.1, 0.15) is 31.1 Å². The first-order valence-electron chi connectivity index (χ1n) is 7.91. The summed E-state index contributed by atoms with van der Waals surface area (Å²) < 4.78 is 5.55. The number of aromatic amines is 1. The molecule has 1 aromatic heterocycles. The summed E-state index contributed by atoms with van der Waals surface area (Å²) in [5.41, 5.74) is -0.136. The molecule has 7 nitrogen and oxygen atoms in total. The molecule has 22 heavy (non-hydrogen) atoms. The molecule has 1 atom stereocenters. The lowest BCUT2D eigenvalue weighted by molar-refractivity contribution is -0.0681. The monoisotopic (exact) mass is 307 g/mol. The van der Waals surface area contributed by atoms with Crippen molar-refractivity contribution in [2.24, 2.45) is 0 Å². The molecule has 1 aliphatic heterocycles. The zero-order chi connectivity index (χ0) is 15.6. The SMILES string of the molecule is COC1(CNC(=O)N2CCN(C)C(c3ncc[nH]3)C2)CCC1. The van der Waals surface area contributed by atoms with E-state index in [4.69, 9.17) is 4.74 Å². The van der Waals surface area contributed by atoms with Gasteiger partial charge in [-0.25, -0.2) is 9.78 Å². The van der Waals surface area contributed by atoms with Crippen LogP contribution in [0.25, 0.3) is 0 Å². The van der Waals surface area contributed by atoms with Gasteiger partial charge in [0.15, 0.2) is 0 Å². The maximum Gasteiger partial charge on any atom is 0.317 e. The molecule has 1 saturated carbocycles. The van der Waals surface area contributed by atoms with Crippen LogP contribution >= 0.6 is 0 Å². The van der Waals surface area contributed by atoms with Crippen LogP contribution in [0.2, 0.25) is 0 Å². The van der Waals surface area contributed by atoms with Crippen LogP contribution in [-0.2, 0) is 4.74 Å². The number of amides is 2. The Kier molecular flexibility index (Phi) is 4.35. The molecule has 2 heterocycles. The highest BCUT2D eigenvalue weighted by molar-refractivity contribution is 5.74. The number of ether oxygens (including phenoxy) is 1. The van der Waals surface area contributed by atoms with E-state index in [-0.39, 0.29) is 17.7 Å². The number of hydrogen-bond acceptors (Lipinski definition) is 4. The minimum atomic E-state index is -0.136. The second-order valence-corrected chi connectivity index (χ2v) is 6.32. The maximum absolute atomic E-state index is 12.4. The van der Waals surface area contributed by atoms with Crippen LogP contribution in [0.3, 0.4) is 0 Å². The molecule has 0 radical (unpaired) electrons. The van der Waals surface area contributed by atoms with Gasteiger partial charge in [-0.15, -0.1) is 0 Å². The van der Waals surface area contributed by atoms with Gasteiger partial charge in [-0.2, -0.15) is 0 Å². The molecule has 2 N–H and O–H groups in total. The van der Waals surface area contributed by atoms with E-state index in [2.05, 4.69) is 27.2 Å². The quantitative estimate of drug-likeness (QED) is 0.869. The number of nitrogens with one attached hydrogen (secondary N) is 2. The van der Waals surface area contributed by atoms with Gasteiger partial charge >= 0.3 is 6.03 Å². The van der Waals surface area contributed by atoms with Crippen molar-refractivity contribution < 1.29 is 9.53 Å². The van der Waals surface area contributed by atoms with Crippen molar-refractivity contribution in [3.63, 3.8) is 0 Å². The lowest BCUT2D eigenvalue weighted by Gasteiger charge is -2.42. The van der Waals surface area contributed by atoms with E-state index < -0.39 is 0 Å². The van der Waals surface area contributed by atoms with Gasteiger partial charge in [-0.1, -0.05) is 0 Å². The number of likely N-dealkylation sites (N-methyl/N-ethyl adjacent to an activating group) is 1. The number of urea groups is 1. The number of hydrogen-bond donors (Lipinski definition) is 2. The fourth-order valence-corrected chi connectivity index (χ4v) is 3.19. The van der Waals surface area contributed by atoms with Crippen LogP contribution in [0.15, 0.2) is 12.4 Å². The van der Waals surface area contributed by atoms with Gasteiger partial charge in [0.2, 0.25) is 0 Å². The third-order valence-electron chi connectivity index (χ3n) is 5.03. The molecule has 1 aromatic rings. The first-order valence-corrected chi connectivity index (χ1v) is 7.91. The number of carbonyl (C=O) groups is 1. The van der Waals surface area contributed by atoms with Crippen molar-refractivity contribution in [2.45, 2.75) is 30.9 Å². The van der Waals surface area contributed by atoms with Crippen molar-refractivity contribution in [3.05, 3.63) is 18.2 Å². The molecule has 3 rings (SSSR count). The Labute approximate surface area is 131 Å². The van der Waals surface area contributed by atoms with Crippen LogP contribution in [0.5, 0.6) is 0 Å². The molecule has 2 fully saturated rings. The number of H-pyrrole nitrogens is 1. The lowest BCUT2D eigenvalue weighted by Crippen LogP contribution is -2.56.